The molecule has 19 heavy (non-hydrogen) atoms. The molecular weight excluding hydrogens is 291 g/mol. The second kappa shape index (κ2) is 4.99. The Bertz CT molecular complexity index is 750. The smallest absolute Gasteiger partial charge is 0.324 e. The molecule has 0 aliphatic heterocycles. The molecule has 0 bridgehead atoms. The van der Waals surface area contributed by atoms with Crippen molar-refractivity contribution in [3.05, 3.63) is 36.7 Å². The number of pyridine rings is 1. The van der Waals surface area contributed by atoms with Gasteiger partial charge in [-0.3, -0.25) is 9.55 Å². The van der Waals surface area contributed by atoms with Crippen molar-refractivity contribution in [2.24, 2.45) is 0 Å². The Kier molecular flexibility index (Phi) is 3.71. The van der Waals surface area contributed by atoms with Crippen molar-refractivity contribution in [3.8, 4) is 0 Å². The van der Waals surface area contributed by atoms with Gasteiger partial charge in [0.05, 0.1) is 4.90 Å². The van der Waals surface area contributed by atoms with Crippen molar-refractivity contribution in [1.29, 1.82) is 0 Å². The molecule has 102 valence electrons. The summed E-state index contributed by atoms with van der Waals surface area (Å²) in [4.78, 5) is 21.3. The Morgan fingerprint density at radius 1 is 1.26 bits per heavy atom. The molecule has 1 aromatic carbocycles. The molecular formula is C10H11N2O5PS. The van der Waals surface area contributed by atoms with Gasteiger partial charge >= 0.3 is 7.60 Å². The van der Waals surface area contributed by atoms with Crippen molar-refractivity contribution in [2.75, 3.05) is 6.29 Å². The van der Waals surface area contributed by atoms with Gasteiger partial charge in [-0.05, 0) is 12.1 Å². The van der Waals surface area contributed by atoms with Gasteiger partial charge in [-0.1, -0.05) is 12.1 Å². The van der Waals surface area contributed by atoms with Crippen LogP contribution in [-0.2, 0) is 14.6 Å². The van der Waals surface area contributed by atoms with Crippen molar-refractivity contribution in [3.63, 3.8) is 0 Å². The minimum atomic E-state index is -4.45. The van der Waals surface area contributed by atoms with Crippen LogP contribution in [0.15, 0.2) is 41.6 Å². The Morgan fingerprint density at radius 3 is 2.68 bits per heavy atom. The standard InChI is InChI=1S/C10H11N2O5PS/c13-18(14,15)7-12-19(16,17)10-3-1-2-8-6-11-5-4-9(8)10/h1-6,12H,7H2,(H2,13,14,15). The van der Waals surface area contributed by atoms with Crippen LogP contribution >= 0.6 is 7.60 Å². The first-order valence-electron chi connectivity index (χ1n) is 5.17. The highest BCUT2D eigenvalue weighted by molar-refractivity contribution is 7.90. The van der Waals surface area contributed by atoms with Crippen molar-refractivity contribution >= 4 is 28.4 Å². The van der Waals surface area contributed by atoms with Crippen LogP contribution in [0, 0.1) is 0 Å². The number of sulfonamides is 1. The van der Waals surface area contributed by atoms with Gasteiger partial charge in [0.2, 0.25) is 10.0 Å². The van der Waals surface area contributed by atoms with E-state index < -0.39 is 23.9 Å². The number of fused-ring (bicyclic) bond motifs is 1. The van der Waals surface area contributed by atoms with Gasteiger partial charge in [0.25, 0.3) is 0 Å². The summed E-state index contributed by atoms with van der Waals surface area (Å²) in [7, 11) is -8.44. The fourth-order valence-corrected chi connectivity index (χ4v) is 3.82. The quantitative estimate of drug-likeness (QED) is 0.714. The first-order valence-corrected chi connectivity index (χ1v) is 8.45. The lowest BCUT2D eigenvalue weighted by molar-refractivity contribution is 0.371. The van der Waals surface area contributed by atoms with E-state index >= 15 is 0 Å². The van der Waals surface area contributed by atoms with Gasteiger partial charge in [0, 0.05) is 23.2 Å². The topological polar surface area (TPSA) is 117 Å². The molecule has 2 rings (SSSR count). The summed E-state index contributed by atoms with van der Waals surface area (Å²) in [6.45, 7) is 0. The molecule has 9 heteroatoms. The third-order valence-electron chi connectivity index (χ3n) is 2.39. The number of nitrogens with one attached hydrogen (secondary N) is 1. The monoisotopic (exact) mass is 302 g/mol. The largest absolute Gasteiger partial charge is 0.340 e. The summed E-state index contributed by atoms with van der Waals surface area (Å²) in [5, 5.41) is 1.07. The Morgan fingerprint density at radius 2 is 2.00 bits per heavy atom. The van der Waals surface area contributed by atoms with Crippen LogP contribution in [0.5, 0.6) is 0 Å². The van der Waals surface area contributed by atoms with Gasteiger partial charge in [-0.25, -0.2) is 8.42 Å². The highest BCUT2D eigenvalue weighted by Gasteiger charge is 2.21. The molecule has 0 atom stereocenters. The van der Waals surface area contributed by atoms with E-state index in [0.29, 0.717) is 10.8 Å². The molecule has 7 nitrogen and oxygen atoms in total. The number of nitrogens with zero attached hydrogens (tertiary/aromatic N) is 1. The molecule has 1 heterocycles. The number of rotatable bonds is 4. The van der Waals surface area contributed by atoms with E-state index in [-0.39, 0.29) is 4.90 Å². The lowest BCUT2D eigenvalue weighted by Gasteiger charge is -2.09. The maximum Gasteiger partial charge on any atom is 0.340 e. The molecule has 0 radical (unpaired) electrons. The van der Waals surface area contributed by atoms with Crippen molar-refractivity contribution in [2.45, 2.75) is 4.90 Å². The van der Waals surface area contributed by atoms with E-state index in [9.17, 15) is 13.0 Å². The lowest BCUT2D eigenvalue weighted by Crippen LogP contribution is -2.25. The molecule has 0 amide bonds. The van der Waals surface area contributed by atoms with Crippen LogP contribution in [-0.4, -0.2) is 29.5 Å². The summed E-state index contributed by atoms with van der Waals surface area (Å²) in [5.41, 5.74) is 0. The van der Waals surface area contributed by atoms with E-state index in [1.54, 1.807) is 6.07 Å². The predicted octanol–water partition coefficient (Wildman–Crippen LogP) is 0.648. The first-order chi connectivity index (χ1) is 8.80. The van der Waals surface area contributed by atoms with Gasteiger partial charge in [0.15, 0.2) is 0 Å². The minimum absolute atomic E-state index is 0.0409. The first kappa shape index (κ1) is 14.1. The fraction of sp³-hybridized carbons (Fsp3) is 0.100. The molecule has 0 saturated heterocycles. The van der Waals surface area contributed by atoms with E-state index in [0.717, 1.165) is 0 Å². The Labute approximate surface area is 109 Å². The molecule has 0 unspecified atom stereocenters. The average molecular weight is 302 g/mol. The molecule has 2 aromatic rings. The van der Waals surface area contributed by atoms with Crippen molar-refractivity contribution in [1.82, 2.24) is 9.71 Å². The summed E-state index contributed by atoms with van der Waals surface area (Å²) in [6.07, 6.45) is 2.03. The fourth-order valence-electron chi connectivity index (χ4n) is 1.57. The highest BCUT2D eigenvalue weighted by Crippen LogP contribution is 2.33. The summed E-state index contributed by atoms with van der Waals surface area (Å²) >= 11 is 0. The van der Waals surface area contributed by atoms with E-state index in [1.165, 1.54) is 30.6 Å². The van der Waals surface area contributed by atoms with Gasteiger partial charge in [-0.2, -0.15) is 4.72 Å². The summed E-state index contributed by atoms with van der Waals surface area (Å²) < 4.78 is 36.7. The Hall–Kier alpha value is -1.31. The molecule has 1 aromatic heterocycles. The van der Waals surface area contributed by atoms with Crippen LogP contribution in [0.25, 0.3) is 10.8 Å². The van der Waals surface area contributed by atoms with Crippen LogP contribution < -0.4 is 4.72 Å². The van der Waals surface area contributed by atoms with E-state index in [2.05, 4.69) is 4.98 Å². The molecule has 3 N–H and O–H groups in total. The zero-order valence-electron chi connectivity index (χ0n) is 9.59. The van der Waals surface area contributed by atoms with Gasteiger partial charge < -0.3 is 9.79 Å². The number of hydrogen-bond donors (Lipinski definition) is 3. The van der Waals surface area contributed by atoms with Crippen molar-refractivity contribution < 1.29 is 22.8 Å². The zero-order valence-corrected chi connectivity index (χ0v) is 11.3. The molecule has 0 fully saturated rings. The highest BCUT2D eigenvalue weighted by atomic mass is 32.2. The van der Waals surface area contributed by atoms with E-state index in [1.807, 2.05) is 4.72 Å². The number of hydrogen-bond acceptors (Lipinski definition) is 4. The molecule has 0 saturated carbocycles. The third kappa shape index (κ3) is 3.37. The van der Waals surface area contributed by atoms with Crippen LogP contribution in [0.4, 0.5) is 0 Å². The van der Waals surface area contributed by atoms with Crippen LogP contribution in [0.1, 0.15) is 0 Å². The zero-order chi connectivity index (χ0) is 14.1. The van der Waals surface area contributed by atoms with E-state index in [4.69, 9.17) is 9.79 Å². The van der Waals surface area contributed by atoms with Gasteiger partial charge in [-0.15, -0.1) is 0 Å². The third-order valence-corrected chi connectivity index (χ3v) is 4.63. The SMILES string of the molecule is O=P(O)(O)CNS(=O)(=O)c1cccc2cnccc12. The summed E-state index contributed by atoms with van der Waals surface area (Å²) in [6, 6.07) is 6.13. The second-order valence-electron chi connectivity index (χ2n) is 3.82. The Balaban J connectivity index is 2.46. The maximum atomic E-state index is 12.0. The number of benzene rings is 1. The van der Waals surface area contributed by atoms with Crippen LogP contribution in [0.3, 0.4) is 0 Å². The summed E-state index contributed by atoms with van der Waals surface area (Å²) in [5.74, 6) is 0. The van der Waals surface area contributed by atoms with Gasteiger partial charge in [0.1, 0.15) is 6.29 Å². The molecule has 0 aliphatic carbocycles. The lowest BCUT2D eigenvalue weighted by atomic mass is 10.2. The minimum Gasteiger partial charge on any atom is -0.324 e. The average Bonchev–Trinajstić information content (AvgIpc) is 2.35. The maximum absolute atomic E-state index is 12.0. The second-order valence-corrected chi connectivity index (χ2v) is 7.20. The van der Waals surface area contributed by atoms with Crippen LogP contribution in [0.2, 0.25) is 0 Å². The normalized spacial score (nSPS) is 12.7. The molecule has 0 aliphatic rings. The predicted molar refractivity (Wildman–Crippen MR) is 69.0 cm³/mol. The number of aromatic nitrogens is 1. The molecule has 0 spiro atoms.